The van der Waals surface area contributed by atoms with Gasteiger partial charge in [-0.25, -0.2) is 4.98 Å². The molecule has 9 heteroatoms. The Labute approximate surface area is 103 Å². The monoisotopic (exact) mass is 270 g/mol. The van der Waals surface area contributed by atoms with E-state index in [0.717, 1.165) is 0 Å². The fourth-order valence-corrected chi connectivity index (χ4v) is 1.19. The lowest BCUT2D eigenvalue weighted by Crippen LogP contribution is -2.36. The van der Waals surface area contributed by atoms with E-state index in [1.165, 1.54) is 4.90 Å². The summed E-state index contributed by atoms with van der Waals surface area (Å²) in [5, 5.41) is 17.9. The van der Waals surface area contributed by atoms with Crippen molar-refractivity contribution in [2.24, 2.45) is 0 Å². The van der Waals surface area contributed by atoms with Crippen molar-refractivity contribution >= 4 is 30.8 Å². The first kappa shape index (κ1) is 16.0. The summed E-state index contributed by atoms with van der Waals surface area (Å²) in [4.78, 5) is 4.95. The summed E-state index contributed by atoms with van der Waals surface area (Å²) in [6, 6.07) is 0.674. The third-order valence-electron chi connectivity index (χ3n) is 1.92. The summed E-state index contributed by atoms with van der Waals surface area (Å²) in [5.41, 5.74) is -1.29. The van der Waals surface area contributed by atoms with Gasteiger partial charge in [-0.15, -0.1) is 12.4 Å². The van der Waals surface area contributed by atoms with Crippen LogP contribution in [0.4, 0.5) is 19.0 Å². The Balaban J connectivity index is 0.00000256. The molecule has 96 valence electrons. The highest BCUT2D eigenvalue weighted by Gasteiger charge is 2.33. The Morgan fingerprint density at radius 2 is 1.82 bits per heavy atom. The zero-order chi connectivity index (χ0) is 12.5. The minimum absolute atomic E-state index is 0. The van der Waals surface area contributed by atoms with Crippen LogP contribution in [0.5, 0.6) is 0 Å². The van der Waals surface area contributed by atoms with Gasteiger partial charge in [0.2, 0.25) is 0 Å². The molecule has 0 amide bonds. The van der Waals surface area contributed by atoms with Gasteiger partial charge in [-0.1, -0.05) is 0 Å². The molecule has 0 spiro atoms. The van der Waals surface area contributed by atoms with E-state index in [-0.39, 0.29) is 23.7 Å². The normalized spacial score (nSPS) is 10.8. The van der Waals surface area contributed by atoms with Crippen LogP contribution < -0.4 is 10.4 Å². The average molecular weight is 270 g/mol. The van der Waals surface area contributed by atoms with Crippen LogP contribution in [0.1, 0.15) is 5.56 Å². The van der Waals surface area contributed by atoms with E-state index in [1.54, 1.807) is 14.1 Å². The number of rotatable bonds is 2. The molecule has 17 heavy (non-hydrogen) atoms. The van der Waals surface area contributed by atoms with Gasteiger partial charge in [0.05, 0.1) is 5.56 Å². The van der Waals surface area contributed by atoms with Gasteiger partial charge in [-0.2, -0.15) is 13.2 Å². The summed E-state index contributed by atoms with van der Waals surface area (Å²) in [7, 11) is 1.09. The zero-order valence-electron chi connectivity index (χ0n) is 9.06. The zero-order valence-corrected chi connectivity index (χ0v) is 9.88. The smallest absolute Gasteiger partial charge is 0.423 e. The standard InChI is InChI=1S/C8H10BF3N2O2.ClH/c1-14(2)7-6(9(15)16)3-5(4-13-7)8(10,11)12;/h3-4,15-16H,1-2H3;1H. The fourth-order valence-electron chi connectivity index (χ4n) is 1.19. The van der Waals surface area contributed by atoms with Crippen LogP contribution in [-0.4, -0.2) is 36.2 Å². The number of hydrogen-bond donors (Lipinski definition) is 2. The van der Waals surface area contributed by atoms with Crippen LogP contribution in [0.15, 0.2) is 12.3 Å². The molecule has 2 N–H and O–H groups in total. The maximum Gasteiger partial charge on any atom is 0.492 e. The van der Waals surface area contributed by atoms with Crippen LogP contribution in [0.25, 0.3) is 0 Å². The molecule has 1 aromatic heterocycles. The van der Waals surface area contributed by atoms with Crippen LogP contribution in [0.2, 0.25) is 0 Å². The highest BCUT2D eigenvalue weighted by atomic mass is 35.5. The van der Waals surface area contributed by atoms with Crippen LogP contribution >= 0.6 is 12.4 Å². The predicted molar refractivity (Wildman–Crippen MR) is 60.6 cm³/mol. The van der Waals surface area contributed by atoms with E-state index in [0.29, 0.717) is 12.3 Å². The van der Waals surface area contributed by atoms with Crippen molar-refractivity contribution in [3.8, 4) is 0 Å². The van der Waals surface area contributed by atoms with Crippen molar-refractivity contribution < 1.29 is 23.2 Å². The van der Waals surface area contributed by atoms with Crippen LogP contribution in [0, 0.1) is 0 Å². The quantitative estimate of drug-likeness (QED) is 0.757. The van der Waals surface area contributed by atoms with Gasteiger partial charge in [-0.3, -0.25) is 0 Å². The summed E-state index contributed by atoms with van der Waals surface area (Å²) < 4.78 is 37.0. The molecule has 0 radical (unpaired) electrons. The first-order chi connectivity index (χ1) is 7.23. The fraction of sp³-hybridized carbons (Fsp3) is 0.375. The molecule has 1 aromatic rings. The highest BCUT2D eigenvalue weighted by molar-refractivity contribution is 6.60. The van der Waals surface area contributed by atoms with Crippen molar-refractivity contribution in [3.63, 3.8) is 0 Å². The summed E-state index contributed by atoms with van der Waals surface area (Å²) in [6.45, 7) is 0. The molecule has 0 saturated carbocycles. The van der Waals surface area contributed by atoms with Gasteiger partial charge in [-0.05, 0) is 6.07 Å². The van der Waals surface area contributed by atoms with E-state index in [1.807, 2.05) is 0 Å². The maximum absolute atomic E-state index is 12.3. The molecule has 1 heterocycles. The van der Waals surface area contributed by atoms with Gasteiger partial charge >= 0.3 is 13.3 Å². The van der Waals surface area contributed by atoms with Crippen LogP contribution in [-0.2, 0) is 6.18 Å². The molecule has 0 aliphatic heterocycles. The van der Waals surface area contributed by atoms with Gasteiger partial charge in [0, 0.05) is 25.8 Å². The number of anilines is 1. The van der Waals surface area contributed by atoms with Crippen LogP contribution in [0.3, 0.4) is 0 Å². The molecular formula is C8H11BClF3N2O2. The summed E-state index contributed by atoms with van der Waals surface area (Å²) >= 11 is 0. The lowest BCUT2D eigenvalue weighted by Gasteiger charge is -2.17. The van der Waals surface area contributed by atoms with Crippen molar-refractivity contribution in [3.05, 3.63) is 17.8 Å². The molecule has 0 saturated heterocycles. The summed E-state index contributed by atoms with van der Waals surface area (Å²) in [5.74, 6) is 0.0861. The third kappa shape index (κ3) is 3.76. The highest BCUT2D eigenvalue weighted by Crippen LogP contribution is 2.28. The Morgan fingerprint density at radius 3 is 2.18 bits per heavy atom. The van der Waals surface area contributed by atoms with Gasteiger partial charge in [0.1, 0.15) is 5.82 Å². The lowest BCUT2D eigenvalue weighted by atomic mass is 9.79. The Kier molecular flexibility index (Phi) is 5.25. The summed E-state index contributed by atoms with van der Waals surface area (Å²) in [6.07, 6.45) is -3.90. The van der Waals surface area contributed by atoms with Gasteiger partial charge in [0.25, 0.3) is 0 Å². The second-order valence-corrected chi connectivity index (χ2v) is 3.40. The number of alkyl halides is 3. The van der Waals surface area contributed by atoms with E-state index >= 15 is 0 Å². The molecule has 0 bridgehead atoms. The Hall–Kier alpha value is -0.985. The Bertz CT molecular complexity index is 388. The number of aromatic nitrogens is 1. The van der Waals surface area contributed by atoms with E-state index in [4.69, 9.17) is 10.0 Å². The van der Waals surface area contributed by atoms with Gasteiger partial charge in [0.15, 0.2) is 0 Å². The maximum atomic E-state index is 12.3. The first-order valence-corrected chi connectivity index (χ1v) is 4.34. The van der Waals surface area contributed by atoms with Gasteiger partial charge < -0.3 is 14.9 Å². The van der Waals surface area contributed by atoms with E-state index < -0.39 is 18.9 Å². The average Bonchev–Trinajstić information content (AvgIpc) is 2.15. The van der Waals surface area contributed by atoms with Crippen molar-refractivity contribution in [1.82, 2.24) is 4.98 Å². The lowest BCUT2D eigenvalue weighted by molar-refractivity contribution is -0.137. The molecule has 0 unspecified atom stereocenters. The molecule has 0 aromatic carbocycles. The molecule has 4 nitrogen and oxygen atoms in total. The number of hydrogen-bond acceptors (Lipinski definition) is 4. The molecule has 0 aliphatic carbocycles. The van der Waals surface area contributed by atoms with E-state index in [2.05, 4.69) is 4.98 Å². The number of pyridine rings is 1. The molecule has 0 atom stereocenters. The second-order valence-electron chi connectivity index (χ2n) is 3.40. The molecular weight excluding hydrogens is 259 g/mol. The minimum atomic E-state index is -4.55. The first-order valence-electron chi connectivity index (χ1n) is 4.34. The third-order valence-corrected chi connectivity index (χ3v) is 1.92. The number of nitrogens with zero attached hydrogens (tertiary/aromatic N) is 2. The second kappa shape index (κ2) is 5.57. The van der Waals surface area contributed by atoms with Crippen molar-refractivity contribution in [2.75, 3.05) is 19.0 Å². The molecule has 1 rings (SSSR count). The van der Waals surface area contributed by atoms with E-state index in [9.17, 15) is 13.2 Å². The predicted octanol–water partition coefficient (Wildman–Crippen LogP) is 0.268. The number of halogens is 4. The molecule has 0 fully saturated rings. The SMILES string of the molecule is CN(C)c1ncc(C(F)(F)F)cc1B(O)O.Cl. The topological polar surface area (TPSA) is 56.6 Å². The Morgan fingerprint density at radius 1 is 1.29 bits per heavy atom. The van der Waals surface area contributed by atoms with Crippen molar-refractivity contribution in [2.45, 2.75) is 6.18 Å². The largest absolute Gasteiger partial charge is 0.492 e. The minimum Gasteiger partial charge on any atom is -0.423 e. The molecule has 0 aliphatic rings. The van der Waals surface area contributed by atoms with Crippen molar-refractivity contribution in [1.29, 1.82) is 0 Å².